The van der Waals surface area contributed by atoms with Gasteiger partial charge in [-0.25, -0.2) is 15.0 Å². The molecule has 2 aromatic rings. The van der Waals surface area contributed by atoms with E-state index in [9.17, 15) is 4.79 Å². The molecule has 1 aliphatic rings. The second-order valence-electron chi connectivity index (χ2n) is 6.76. The Morgan fingerprint density at radius 3 is 2.81 bits per heavy atom. The molecule has 1 atom stereocenters. The molecule has 26 heavy (non-hydrogen) atoms. The molecule has 1 fully saturated rings. The zero-order valence-corrected chi connectivity index (χ0v) is 16.6. The Morgan fingerprint density at radius 1 is 1.31 bits per heavy atom. The fourth-order valence-corrected chi connectivity index (χ4v) is 4.04. The van der Waals surface area contributed by atoms with Gasteiger partial charge in [-0.3, -0.25) is 9.69 Å². The fraction of sp³-hybridized carbons (Fsp3) is 0.556. The van der Waals surface area contributed by atoms with Gasteiger partial charge in [0.15, 0.2) is 5.13 Å². The van der Waals surface area contributed by atoms with E-state index in [1.54, 1.807) is 18.4 Å². The van der Waals surface area contributed by atoms with Gasteiger partial charge in [0.05, 0.1) is 17.9 Å². The van der Waals surface area contributed by atoms with Crippen LogP contribution in [0.5, 0.6) is 0 Å². The van der Waals surface area contributed by atoms with E-state index in [-0.39, 0.29) is 5.91 Å². The van der Waals surface area contributed by atoms with Crippen molar-refractivity contribution in [2.75, 3.05) is 32.0 Å². The van der Waals surface area contributed by atoms with E-state index in [1.165, 1.54) is 4.88 Å². The number of nitrogens with one attached hydrogen (secondary N) is 2. The molecule has 2 N–H and O–H groups in total. The standard InChI is InChI=1S/C18H26N6OS/c1-11-12(2)26-18(20-11)23-16-8-15(21-13(3)22-16)14-6-5-7-24(9-14)10-17(25)19-4/h8,14H,5-7,9-10H2,1-4H3,(H,19,25)(H,20,21,22,23)/t14-/m1/s1. The molecule has 1 amide bonds. The summed E-state index contributed by atoms with van der Waals surface area (Å²) in [6.45, 7) is 8.24. The third-order valence-corrected chi connectivity index (χ3v) is 5.68. The summed E-state index contributed by atoms with van der Waals surface area (Å²) in [6.07, 6.45) is 2.15. The van der Waals surface area contributed by atoms with Gasteiger partial charge in [0, 0.05) is 30.5 Å². The third-order valence-electron chi connectivity index (χ3n) is 4.69. The molecule has 1 aliphatic heterocycles. The molecule has 3 heterocycles. The largest absolute Gasteiger partial charge is 0.358 e. The molecule has 0 bridgehead atoms. The summed E-state index contributed by atoms with van der Waals surface area (Å²) >= 11 is 1.63. The summed E-state index contributed by atoms with van der Waals surface area (Å²) in [5.41, 5.74) is 2.08. The van der Waals surface area contributed by atoms with Gasteiger partial charge in [0.2, 0.25) is 5.91 Å². The minimum absolute atomic E-state index is 0.0568. The Morgan fingerprint density at radius 2 is 2.12 bits per heavy atom. The number of rotatable bonds is 5. The zero-order valence-electron chi connectivity index (χ0n) is 15.8. The van der Waals surface area contributed by atoms with Crippen molar-refractivity contribution in [2.45, 2.75) is 39.5 Å². The lowest BCUT2D eigenvalue weighted by Gasteiger charge is -2.32. The number of carbonyl (C=O) groups is 1. The minimum atomic E-state index is 0.0568. The zero-order chi connectivity index (χ0) is 18.7. The number of piperidine rings is 1. The van der Waals surface area contributed by atoms with Crippen LogP contribution in [0.2, 0.25) is 0 Å². The molecule has 140 valence electrons. The second kappa shape index (κ2) is 8.09. The van der Waals surface area contributed by atoms with Crippen LogP contribution in [0.1, 0.15) is 40.8 Å². The van der Waals surface area contributed by atoms with Crippen molar-refractivity contribution in [3.05, 3.63) is 28.2 Å². The van der Waals surface area contributed by atoms with Crippen LogP contribution in [-0.4, -0.2) is 52.4 Å². The van der Waals surface area contributed by atoms with Crippen molar-refractivity contribution in [1.82, 2.24) is 25.2 Å². The number of likely N-dealkylation sites (N-methyl/N-ethyl adjacent to an activating group) is 1. The van der Waals surface area contributed by atoms with Gasteiger partial charge < -0.3 is 10.6 Å². The van der Waals surface area contributed by atoms with Crippen molar-refractivity contribution in [2.24, 2.45) is 0 Å². The first-order chi connectivity index (χ1) is 12.4. The molecule has 7 nitrogen and oxygen atoms in total. The number of thiazole rings is 1. The molecule has 1 saturated heterocycles. The summed E-state index contributed by atoms with van der Waals surface area (Å²) in [6, 6.07) is 2.02. The van der Waals surface area contributed by atoms with E-state index >= 15 is 0 Å². The molecular weight excluding hydrogens is 348 g/mol. The predicted octanol–water partition coefficient (Wildman–Crippen LogP) is 2.53. The lowest BCUT2D eigenvalue weighted by Crippen LogP contribution is -2.41. The van der Waals surface area contributed by atoms with Crippen LogP contribution in [0, 0.1) is 20.8 Å². The molecule has 0 aromatic carbocycles. The van der Waals surface area contributed by atoms with E-state index in [0.717, 1.165) is 54.1 Å². The third kappa shape index (κ3) is 4.56. The molecule has 3 rings (SSSR count). The van der Waals surface area contributed by atoms with Crippen LogP contribution >= 0.6 is 11.3 Å². The Balaban J connectivity index is 1.75. The molecule has 0 aliphatic carbocycles. The highest BCUT2D eigenvalue weighted by molar-refractivity contribution is 7.15. The molecular formula is C18H26N6OS. The van der Waals surface area contributed by atoms with Crippen LogP contribution in [0.25, 0.3) is 0 Å². The van der Waals surface area contributed by atoms with E-state index in [2.05, 4.69) is 37.4 Å². The Kier molecular flexibility index (Phi) is 5.83. The fourth-order valence-electron chi connectivity index (χ4n) is 3.22. The van der Waals surface area contributed by atoms with E-state index in [0.29, 0.717) is 12.5 Å². The van der Waals surface area contributed by atoms with Crippen LogP contribution in [0.4, 0.5) is 10.9 Å². The van der Waals surface area contributed by atoms with Crippen molar-refractivity contribution < 1.29 is 4.79 Å². The number of nitrogens with zero attached hydrogens (tertiary/aromatic N) is 4. The number of anilines is 2. The predicted molar refractivity (Wildman–Crippen MR) is 104 cm³/mol. The maximum atomic E-state index is 11.7. The number of carbonyl (C=O) groups excluding carboxylic acids is 1. The van der Waals surface area contributed by atoms with E-state index < -0.39 is 0 Å². The van der Waals surface area contributed by atoms with Gasteiger partial charge in [-0.1, -0.05) is 0 Å². The van der Waals surface area contributed by atoms with Gasteiger partial charge >= 0.3 is 0 Å². The number of hydrogen-bond donors (Lipinski definition) is 2. The van der Waals surface area contributed by atoms with Crippen LogP contribution in [0.3, 0.4) is 0 Å². The summed E-state index contributed by atoms with van der Waals surface area (Å²) in [4.78, 5) is 28.8. The van der Waals surface area contributed by atoms with E-state index in [1.807, 2.05) is 19.9 Å². The summed E-state index contributed by atoms with van der Waals surface area (Å²) in [5.74, 6) is 1.90. The SMILES string of the molecule is CNC(=O)CN1CCC[C@@H](c2cc(Nc3nc(C)c(C)s3)nc(C)n2)C1. The normalized spacial score (nSPS) is 17.9. The van der Waals surface area contributed by atoms with Gasteiger partial charge in [-0.05, 0) is 40.2 Å². The highest BCUT2D eigenvalue weighted by Crippen LogP contribution is 2.29. The molecule has 8 heteroatoms. The monoisotopic (exact) mass is 374 g/mol. The maximum absolute atomic E-state index is 11.7. The molecule has 0 unspecified atom stereocenters. The summed E-state index contributed by atoms with van der Waals surface area (Å²) < 4.78 is 0. The lowest BCUT2D eigenvalue weighted by atomic mass is 9.94. The number of aryl methyl sites for hydroxylation is 3. The second-order valence-corrected chi connectivity index (χ2v) is 7.96. The smallest absolute Gasteiger partial charge is 0.233 e. The Hall–Kier alpha value is -2.06. The minimum Gasteiger partial charge on any atom is -0.358 e. The molecule has 0 saturated carbocycles. The molecule has 2 aromatic heterocycles. The van der Waals surface area contributed by atoms with Gasteiger partial charge in [-0.2, -0.15) is 0 Å². The van der Waals surface area contributed by atoms with Gasteiger partial charge in [0.25, 0.3) is 0 Å². The van der Waals surface area contributed by atoms with Crippen molar-refractivity contribution in [1.29, 1.82) is 0 Å². The number of aromatic nitrogens is 3. The highest BCUT2D eigenvalue weighted by atomic mass is 32.1. The van der Waals surface area contributed by atoms with Crippen molar-refractivity contribution in [3.63, 3.8) is 0 Å². The summed E-state index contributed by atoms with van der Waals surface area (Å²) in [7, 11) is 1.68. The lowest BCUT2D eigenvalue weighted by molar-refractivity contribution is -0.122. The number of hydrogen-bond acceptors (Lipinski definition) is 7. The maximum Gasteiger partial charge on any atom is 0.233 e. The molecule has 0 radical (unpaired) electrons. The van der Waals surface area contributed by atoms with E-state index in [4.69, 9.17) is 0 Å². The molecule has 0 spiro atoms. The Labute approximate surface area is 158 Å². The van der Waals surface area contributed by atoms with Crippen molar-refractivity contribution >= 4 is 28.2 Å². The summed E-state index contributed by atoms with van der Waals surface area (Å²) in [5, 5.41) is 6.87. The average Bonchev–Trinajstić information content (AvgIpc) is 2.92. The first-order valence-electron chi connectivity index (χ1n) is 8.94. The van der Waals surface area contributed by atoms with Crippen LogP contribution in [-0.2, 0) is 4.79 Å². The number of amides is 1. The van der Waals surface area contributed by atoms with Crippen molar-refractivity contribution in [3.8, 4) is 0 Å². The van der Waals surface area contributed by atoms with Crippen LogP contribution in [0.15, 0.2) is 6.07 Å². The quantitative estimate of drug-likeness (QED) is 0.837. The van der Waals surface area contributed by atoms with Crippen LogP contribution < -0.4 is 10.6 Å². The van der Waals surface area contributed by atoms with Gasteiger partial charge in [-0.15, -0.1) is 11.3 Å². The first-order valence-corrected chi connectivity index (χ1v) is 9.76. The van der Waals surface area contributed by atoms with Gasteiger partial charge in [0.1, 0.15) is 11.6 Å². The number of likely N-dealkylation sites (tertiary alicyclic amines) is 1. The topological polar surface area (TPSA) is 83.0 Å². The average molecular weight is 375 g/mol. The highest BCUT2D eigenvalue weighted by Gasteiger charge is 2.24. The Bertz CT molecular complexity index is 770. The first kappa shape index (κ1) is 18.7.